The van der Waals surface area contributed by atoms with E-state index in [0.29, 0.717) is 24.7 Å². The van der Waals surface area contributed by atoms with Crippen molar-refractivity contribution in [1.82, 2.24) is 10.6 Å². The fourth-order valence-corrected chi connectivity index (χ4v) is 1.77. The van der Waals surface area contributed by atoms with Crippen molar-refractivity contribution in [3.63, 3.8) is 0 Å². The van der Waals surface area contributed by atoms with Crippen LogP contribution in [0.15, 0.2) is 18.2 Å². The predicted octanol–water partition coefficient (Wildman–Crippen LogP) is 3.13. The molecule has 2 N–H and O–H groups in total. The summed E-state index contributed by atoms with van der Waals surface area (Å²) in [6.07, 6.45) is 2.06. The third-order valence-electron chi connectivity index (χ3n) is 2.60. The average Bonchev–Trinajstić information content (AvgIpc) is 2.37. The molecular weight excluding hydrogens is 264 g/mol. The smallest absolute Gasteiger partial charge is 0.314 e. The molecule has 5 heteroatoms. The van der Waals surface area contributed by atoms with Gasteiger partial charge in [0, 0.05) is 11.6 Å². The largest absolute Gasteiger partial charge is 0.491 e. The van der Waals surface area contributed by atoms with Gasteiger partial charge in [0.2, 0.25) is 0 Å². The van der Waals surface area contributed by atoms with Crippen LogP contribution in [-0.4, -0.2) is 25.7 Å². The molecule has 0 spiro atoms. The quantitative estimate of drug-likeness (QED) is 0.756. The number of hydrogen-bond donors (Lipinski definition) is 2. The summed E-state index contributed by atoms with van der Waals surface area (Å²) in [4.78, 5) is 11.3. The van der Waals surface area contributed by atoms with Crippen molar-refractivity contribution < 1.29 is 9.53 Å². The highest BCUT2D eigenvalue weighted by Crippen LogP contribution is 2.21. The fourth-order valence-electron chi connectivity index (χ4n) is 1.54. The molecule has 1 rings (SSSR count). The maximum atomic E-state index is 11.3. The van der Waals surface area contributed by atoms with Crippen molar-refractivity contribution >= 4 is 17.6 Å². The first-order chi connectivity index (χ1) is 9.13. The molecule has 1 aromatic rings. The van der Waals surface area contributed by atoms with Gasteiger partial charge in [-0.25, -0.2) is 4.79 Å². The zero-order valence-corrected chi connectivity index (χ0v) is 12.2. The predicted molar refractivity (Wildman–Crippen MR) is 78.0 cm³/mol. The zero-order chi connectivity index (χ0) is 14.1. The number of amides is 2. The molecule has 0 fully saturated rings. The topological polar surface area (TPSA) is 50.4 Å². The summed E-state index contributed by atoms with van der Waals surface area (Å²) in [6.45, 7) is 5.64. The summed E-state index contributed by atoms with van der Waals surface area (Å²) in [5.41, 5.74) is 0.986. The van der Waals surface area contributed by atoms with E-state index in [9.17, 15) is 4.79 Å². The Morgan fingerprint density at radius 1 is 1.32 bits per heavy atom. The summed E-state index contributed by atoms with van der Waals surface area (Å²) < 4.78 is 5.57. The molecule has 0 aromatic heterocycles. The van der Waals surface area contributed by atoms with Gasteiger partial charge < -0.3 is 15.4 Å². The van der Waals surface area contributed by atoms with Crippen LogP contribution in [0.25, 0.3) is 0 Å². The lowest BCUT2D eigenvalue weighted by molar-refractivity contribution is 0.236. The van der Waals surface area contributed by atoms with E-state index in [2.05, 4.69) is 17.6 Å². The molecule has 0 atom stereocenters. The van der Waals surface area contributed by atoms with Crippen molar-refractivity contribution in [2.75, 3.05) is 19.7 Å². The first-order valence-electron chi connectivity index (χ1n) is 6.54. The first-order valence-corrected chi connectivity index (χ1v) is 6.92. The Balaban J connectivity index is 2.18. The number of rotatable bonds is 7. The zero-order valence-electron chi connectivity index (χ0n) is 11.5. The number of unbranched alkanes of at least 4 members (excludes halogenated alkanes) is 1. The Morgan fingerprint density at radius 3 is 2.74 bits per heavy atom. The Morgan fingerprint density at radius 2 is 2.05 bits per heavy atom. The van der Waals surface area contributed by atoms with Gasteiger partial charge in [-0.15, -0.1) is 0 Å². The van der Waals surface area contributed by atoms with Crippen LogP contribution in [0, 0.1) is 6.92 Å². The lowest BCUT2D eigenvalue weighted by atomic mass is 10.2. The third-order valence-corrected chi connectivity index (χ3v) is 2.83. The summed E-state index contributed by atoms with van der Waals surface area (Å²) in [5.74, 6) is 0.789. The van der Waals surface area contributed by atoms with E-state index in [1.165, 1.54) is 0 Å². The normalized spacial score (nSPS) is 10.1. The highest BCUT2D eigenvalue weighted by molar-refractivity contribution is 6.30. The van der Waals surface area contributed by atoms with Crippen LogP contribution in [0.4, 0.5) is 4.79 Å². The second-order valence-corrected chi connectivity index (χ2v) is 4.73. The minimum absolute atomic E-state index is 0.148. The number of benzene rings is 1. The van der Waals surface area contributed by atoms with E-state index in [1.807, 2.05) is 19.1 Å². The summed E-state index contributed by atoms with van der Waals surface area (Å²) >= 11 is 5.86. The molecule has 2 amide bonds. The number of nitrogens with one attached hydrogen (secondary N) is 2. The van der Waals surface area contributed by atoms with Gasteiger partial charge >= 0.3 is 6.03 Å². The summed E-state index contributed by atoms with van der Waals surface area (Å²) in [5, 5.41) is 6.21. The minimum Gasteiger partial charge on any atom is -0.491 e. The van der Waals surface area contributed by atoms with E-state index >= 15 is 0 Å². The fraction of sp³-hybridized carbons (Fsp3) is 0.500. The second-order valence-electron chi connectivity index (χ2n) is 4.29. The lowest BCUT2D eigenvalue weighted by Crippen LogP contribution is -2.38. The van der Waals surface area contributed by atoms with Gasteiger partial charge in [-0.1, -0.05) is 24.9 Å². The van der Waals surface area contributed by atoms with Crippen LogP contribution in [-0.2, 0) is 0 Å². The number of ether oxygens (including phenoxy) is 1. The van der Waals surface area contributed by atoms with Crippen molar-refractivity contribution in [2.24, 2.45) is 0 Å². The van der Waals surface area contributed by atoms with Gasteiger partial charge in [-0.2, -0.15) is 0 Å². The molecule has 0 radical (unpaired) electrons. The van der Waals surface area contributed by atoms with E-state index < -0.39 is 0 Å². The van der Waals surface area contributed by atoms with Crippen molar-refractivity contribution in [3.05, 3.63) is 28.8 Å². The molecule has 0 aliphatic carbocycles. The highest BCUT2D eigenvalue weighted by atomic mass is 35.5. The average molecular weight is 285 g/mol. The van der Waals surface area contributed by atoms with Crippen molar-refractivity contribution in [1.29, 1.82) is 0 Å². The van der Waals surface area contributed by atoms with Crippen molar-refractivity contribution in [3.8, 4) is 5.75 Å². The Bertz CT molecular complexity index is 410. The molecule has 0 heterocycles. The standard InChI is InChI=1S/C14H21ClN2O2/c1-3-4-7-16-14(18)17-8-9-19-13-6-5-12(15)10-11(13)2/h5-6,10H,3-4,7-9H2,1-2H3,(H2,16,17,18). The van der Waals surface area contributed by atoms with Crippen LogP contribution < -0.4 is 15.4 Å². The molecule has 0 unspecified atom stereocenters. The molecule has 4 nitrogen and oxygen atoms in total. The number of carbonyl (C=O) groups excluding carboxylic acids is 1. The molecule has 0 bridgehead atoms. The van der Waals surface area contributed by atoms with Gasteiger partial charge in [0.25, 0.3) is 0 Å². The van der Waals surface area contributed by atoms with Crippen LogP contribution in [0.1, 0.15) is 25.3 Å². The maximum absolute atomic E-state index is 11.3. The number of carbonyl (C=O) groups is 1. The summed E-state index contributed by atoms with van der Waals surface area (Å²) in [6, 6.07) is 5.32. The summed E-state index contributed by atoms with van der Waals surface area (Å²) in [7, 11) is 0. The van der Waals surface area contributed by atoms with Gasteiger partial charge in [-0.3, -0.25) is 0 Å². The number of halogens is 1. The van der Waals surface area contributed by atoms with Crippen molar-refractivity contribution in [2.45, 2.75) is 26.7 Å². The van der Waals surface area contributed by atoms with Gasteiger partial charge in [0.1, 0.15) is 12.4 Å². The lowest BCUT2D eigenvalue weighted by Gasteiger charge is -2.10. The van der Waals surface area contributed by atoms with Gasteiger partial charge in [0.05, 0.1) is 6.54 Å². The van der Waals surface area contributed by atoms with E-state index in [1.54, 1.807) is 6.07 Å². The van der Waals surface area contributed by atoms with Gasteiger partial charge in [0.15, 0.2) is 0 Å². The Hall–Kier alpha value is -1.42. The van der Waals surface area contributed by atoms with E-state index in [0.717, 1.165) is 24.2 Å². The molecule has 106 valence electrons. The van der Waals surface area contributed by atoms with Crippen LogP contribution in [0.3, 0.4) is 0 Å². The van der Waals surface area contributed by atoms with E-state index in [-0.39, 0.29) is 6.03 Å². The van der Waals surface area contributed by atoms with Gasteiger partial charge in [-0.05, 0) is 37.1 Å². The first kappa shape index (κ1) is 15.6. The number of urea groups is 1. The molecule has 0 saturated heterocycles. The third kappa shape index (κ3) is 6.34. The Labute approximate surface area is 119 Å². The molecule has 0 saturated carbocycles. The SMILES string of the molecule is CCCCNC(=O)NCCOc1ccc(Cl)cc1C. The number of aryl methyl sites for hydroxylation is 1. The second kappa shape index (κ2) is 8.64. The molecular formula is C14H21ClN2O2. The molecule has 0 aliphatic rings. The Kier molecular flexibility index (Phi) is 7.11. The van der Waals surface area contributed by atoms with Crippen LogP contribution in [0.5, 0.6) is 5.75 Å². The molecule has 0 aliphatic heterocycles. The highest BCUT2D eigenvalue weighted by Gasteiger charge is 2.01. The molecule has 19 heavy (non-hydrogen) atoms. The minimum atomic E-state index is -0.148. The molecule has 1 aromatic carbocycles. The van der Waals surface area contributed by atoms with E-state index in [4.69, 9.17) is 16.3 Å². The van der Waals surface area contributed by atoms with Crippen LogP contribution >= 0.6 is 11.6 Å². The van der Waals surface area contributed by atoms with Crippen LogP contribution in [0.2, 0.25) is 5.02 Å². The monoisotopic (exact) mass is 284 g/mol. The maximum Gasteiger partial charge on any atom is 0.314 e. The number of hydrogen-bond acceptors (Lipinski definition) is 2.